The molecule has 0 bridgehead atoms. The standard InChI is InChI=1S/C16H19N3O3S/c1-3-22-16(21)13-11-6-4-5-7-12(11)23-15(13)18-14(20)10-8-17-19(2)9-10/h8-9H,3-7H2,1-2H3,(H,18,20). The van der Waals surface area contributed by atoms with Gasteiger partial charge in [0.05, 0.1) is 23.9 Å². The predicted octanol–water partition coefficient (Wildman–Crippen LogP) is 2.79. The van der Waals surface area contributed by atoms with Gasteiger partial charge in [-0.2, -0.15) is 5.10 Å². The third kappa shape index (κ3) is 3.14. The van der Waals surface area contributed by atoms with Crippen molar-refractivity contribution in [3.8, 4) is 0 Å². The molecule has 0 aromatic carbocycles. The van der Waals surface area contributed by atoms with E-state index in [9.17, 15) is 9.59 Å². The van der Waals surface area contributed by atoms with Gasteiger partial charge in [0.2, 0.25) is 0 Å². The number of aryl methyl sites for hydroxylation is 2. The first kappa shape index (κ1) is 15.7. The lowest BCUT2D eigenvalue weighted by Gasteiger charge is -2.12. The van der Waals surface area contributed by atoms with Crippen LogP contribution in [0, 0.1) is 0 Å². The number of amides is 1. The van der Waals surface area contributed by atoms with Crippen LogP contribution in [0.1, 0.15) is 50.9 Å². The largest absolute Gasteiger partial charge is 0.462 e. The molecule has 1 amide bonds. The lowest BCUT2D eigenvalue weighted by atomic mass is 9.95. The predicted molar refractivity (Wildman–Crippen MR) is 88.1 cm³/mol. The summed E-state index contributed by atoms with van der Waals surface area (Å²) >= 11 is 1.49. The summed E-state index contributed by atoms with van der Waals surface area (Å²) in [6.07, 6.45) is 7.15. The fourth-order valence-corrected chi connectivity index (χ4v) is 4.06. The summed E-state index contributed by atoms with van der Waals surface area (Å²) in [5, 5.41) is 7.45. The number of carbonyl (C=O) groups is 2. The smallest absolute Gasteiger partial charge is 0.341 e. The SMILES string of the molecule is CCOC(=O)c1c(NC(=O)c2cnn(C)c2)sc2c1CCCC2. The molecule has 2 heterocycles. The maximum atomic E-state index is 12.4. The zero-order chi connectivity index (χ0) is 16.4. The molecule has 2 aromatic rings. The van der Waals surface area contributed by atoms with Gasteiger partial charge in [0.15, 0.2) is 0 Å². The minimum absolute atomic E-state index is 0.262. The van der Waals surface area contributed by atoms with Crippen LogP contribution >= 0.6 is 11.3 Å². The number of hydrogen-bond acceptors (Lipinski definition) is 5. The number of nitrogens with one attached hydrogen (secondary N) is 1. The van der Waals surface area contributed by atoms with Gasteiger partial charge in [-0.3, -0.25) is 9.48 Å². The van der Waals surface area contributed by atoms with E-state index < -0.39 is 0 Å². The Balaban J connectivity index is 1.93. The third-order valence-corrected chi connectivity index (χ3v) is 5.05. The van der Waals surface area contributed by atoms with Crippen molar-refractivity contribution in [2.45, 2.75) is 32.6 Å². The summed E-state index contributed by atoms with van der Waals surface area (Å²) in [4.78, 5) is 25.9. The Morgan fingerprint density at radius 1 is 1.39 bits per heavy atom. The number of carbonyl (C=O) groups excluding carboxylic acids is 2. The van der Waals surface area contributed by atoms with Gasteiger partial charge in [-0.1, -0.05) is 0 Å². The van der Waals surface area contributed by atoms with Crippen molar-refractivity contribution in [2.24, 2.45) is 7.05 Å². The van der Waals surface area contributed by atoms with Crippen molar-refractivity contribution < 1.29 is 14.3 Å². The van der Waals surface area contributed by atoms with Crippen molar-refractivity contribution in [1.82, 2.24) is 9.78 Å². The molecule has 23 heavy (non-hydrogen) atoms. The number of rotatable bonds is 4. The second kappa shape index (κ2) is 6.54. The van der Waals surface area contributed by atoms with Crippen LogP contribution in [0.2, 0.25) is 0 Å². The van der Waals surface area contributed by atoms with Crippen LogP contribution in [0.3, 0.4) is 0 Å². The normalized spacial score (nSPS) is 13.5. The third-order valence-electron chi connectivity index (χ3n) is 3.84. The van der Waals surface area contributed by atoms with Gasteiger partial charge < -0.3 is 10.1 Å². The Morgan fingerprint density at radius 3 is 2.87 bits per heavy atom. The molecule has 0 fully saturated rings. The van der Waals surface area contributed by atoms with Gasteiger partial charge in [0.1, 0.15) is 5.00 Å². The number of esters is 1. The van der Waals surface area contributed by atoms with Crippen LogP contribution in [0.5, 0.6) is 0 Å². The van der Waals surface area contributed by atoms with Crippen molar-refractivity contribution in [3.05, 3.63) is 34.0 Å². The molecule has 7 heteroatoms. The van der Waals surface area contributed by atoms with E-state index in [0.29, 0.717) is 22.7 Å². The minimum Gasteiger partial charge on any atom is -0.462 e. The fraction of sp³-hybridized carbons (Fsp3) is 0.438. The first-order valence-corrected chi connectivity index (χ1v) is 8.53. The van der Waals surface area contributed by atoms with E-state index in [4.69, 9.17) is 4.74 Å². The molecule has 3 rings (SSSR count). The lowest BCUT2D eigenvalue weighted by molar-refractivity contribution is 0.0526. The number of hydrogen-bond donors (Lipinski definition) is 1. The van der Waals surface area contributed by atoms with Crippen LogP contribution in [-0.4, -0.2) is 28.3 Å². The fourth-order valence-electron chi connectivity index (χ4n) is 2.79. The Labute approximate surface area is 138 Å². The van der Waals surface area contributed by atoms with E-state index in [1.54, 1.807) is 24.9 Å². The van der Waals surface area contributed by atoms with Crippen LogP contribution in [0.15, 0.2) is 12.4 Å². The summed E-state index contributed by atoms with van der Waals surface area (Å²) in [6, 6.07) is 0. The number of fused-ring (bicyclic) bond motifs is 1. The molecule has 0 atom stereocenters. The molecule has 1 aliphatic rings. The maximum absolute atomic E-state index is 12.4. The molecule has 0 spiro atoms. The molecular formula is C16H19N3O3S. The molecule has 0 unspecified atom stereocenters. The average Bonchev–Trinajstić information content (AvgIpc) is 3.10. The quantitative estimate of drug-likeness (QED) is 0.873. The summed E-state index contributed by atoms with van der Waals surface area (Å²) in [5.74, 6) is -0.615. The molecule has 122 valence electrons. The van der Waals surface area contributed by atoms with Gasteiger partial charge in [-0.15, -0.1) is 11.3 Å². The number of aromatic nitrogens is 2. The Hall–Kier alpha value is -2.15. The van der Waals surface area contributed by atoms with Gasteiger partial charge in [-0.05, 0) is 38.2 Å². The van der Waals surface area contributed by atoms with Crippen molar-refractivity contribution in [3.63, 3.8) is 0 Å². The van der Waals surface area contributed by atoms with Crippen LogP contribution in [0.25, 0.3) is 0 Å². The second-order valence-corrected chi connectivity index (χ2v) is 6.60. The topological polar surface area (TPSA) is 73.2 Å². The highest BCUT2D eigenvalue weighted by atomic mass is 32.1. The number of thiophene rings is 1. The van der Waals surface area contributed by atoms with Crippen molar-refractivity contribution in [2.75, 3.05) is 11.9 Å². The Bertz CT molecular complexity index is 748. The van der Waals surface area contributed by atoms with Gasteiger partial charge >= 0.3 is 5.97 Å². The van der Waals surface area contributed by atoms with E-state index in [-0.39, 0.29) is 11.9 Å². The van der Waals surface area contributed by atoms with E-state index in [2.05, 4.69) is 10.4 Å². The number of anilines is 1. The zero-order valence-electron chi connectivity index (χ0n) is 13.2. The molecule has 0 saturated carbocycles. The van der Waals surface area contributed by atoms with Crippen LogP contribution in [-0.2, 0) is 24.6 Å². The van der Waals surface area contributed by atoms with E-state index >= 15 is 0 Å². The summed E-state index contributed by atoms with van der Waals surface area (Å²) < 4.78 is 6.75. The second-order valence-electron chi connectivity index (χ2n) is 5.49. The Kier molecular flexibility index (Phi) is 4.47. The monoisotopic (exact) mass is 333 g/mol. The first-order chi connectivity index (χ1) is 11.1. The summed E-state index contributed by atoms with van der Waals surface area (Å²) in [7, 11) is 1.75. The highest BCUT2D eigenvalue weighted by molar-refractivity contribution is 7.17. The molecular weight excluding hydrogens is 314 g/mol. The van der Waals surface area contributed by atoms with E-state index in [0.717, 1.165) is 31.2 Å². The molecule has 0 aliphatic heterocycles. The maximum Gasteiger partial charge on any atom is 0.341 e. The first-order valence-electron chi connectivity index (χ1n) is 7.71. The average molecular weight is 333 g/mol. The molecule has 6 nitrogen and oxygen atoms in total. The number of ether oxygens (including phenoxy) is 1. The van der Waals surface area contributed by atoms with Crippen molar-refractivity contribution in [1.29, 1.82) is 0 Å². The Morgan fingerprint density at radius 2 is 2.17 bits per heavy atom. The van der Waals surface area contributed by atoms with E-state index in [1.807, 2.05) is 0 Å². The van der Waals surface area contributed by atoms with Crippen molar-refractivity contribution >= 4 is 28.2 Å². The summed E-state index contributed by atoms with van der Waals surface area (Å²) in [6.45, 7) is 2.10. The zero-order valence-corrected chi connectivity index (χ0v) is 14.0. The van der Waals surface area contributed by atoms with Crippen LogP contribution in [0.4, 0.5) is 5.00 Å². The molecule has 0 radical (unpaired) electrons. The molecule has 1 N–H and O–H groups in total. The van der Waals surface area contributed by atoms with E-state index in [1.165, 1.54) is 22.4 Å². The van der Waals surface area contributed by atoms with Crippen LogP contribution < -0.4 is 5.32 Å². The molecule has 2 aromatic heterocycles. The minimum atomic E-state index is -0.353. The summed E-state index contributed by atoms with van der Waals surface area (Å²) in [5.41, 5.74) is 2.04. The molecule has 0 saturated heterocycles. The van der Waals surface area contributed by atoms with Gasteiger partial charge in [0, 0.05) is 18.1 Å². The van der Waals surface area contributed by atoms with Gasteiger partial charge in [-0.25, -0.2) is 4.79 Å². The molecule has 1 aliphatic carbocycles. The number of nitrogens with zero attached hydrogens (tertiary/aromatic N) is 2. The highest BCUT2D eigenvalue weighted by Gasteiger charge is 2.27. The highest BCUT2D eigenvalue weighted by Crippen LogP contribution is 2.38. The van der Waals surface area contributed by atoms with Gasteiger partial charge in [0.25, 0.3) is 5.91 Å². The lowest BCUT2D eigenvalue weighted by Crippen LogP contribution is -2.15.